The third-order valence-electron chi connectivity index (χ3n) is 5.49. The molecule has 13 heteroatoms. The second kappa shape index (κ2) is 12.6. The molecule has 0 aliphatic carbocycles. The number of anilines is 1. The summed E-state index contributed by atoms with van der Waals surface area (Å²) >= 11 is 12.2. The molecule has 39 heavy (non-hydrogen) atoms. The van der Waals surface area contributed by atoms with E-state index in [1.165, 1.54) is 18.2 Å². The van der Waals surface area contributed by atoms with Gasteiger partial charge in [-0.2, -0.15) is 13.5 Å². The molecule has 2 N–H and O–H groups in total. The van der Waals surface area contributed by atoms with Gasteiger partial charge >= 0.3 is 29.6 Å². The Bertz CT molecular complexity index is 1710. The first-order valence-electron chi connectivity index (χ1n) is 11.2. The van der Waals surface area contributed by atoms with Crippen molar-refractivity contribution in [1.29, 1.82) is 0 Å². The van der Waals surface area contributed by atoms with E-state index in [9.17, 15) is 22.9 Å². The van der Waals surface area contributed by atoms with Crippen molar-refractivity contribution in [2.75, 3.05) is 11.9 Å². The van der Waals surface area contributed by atoms with Gasteiger partial charge in [0.15, 0.2) is 0 Å². The van der Waals surface area contributed by atoms with Gasteiger partial charge in [-0.1, -0.05) is 53.2 Å². The molecule has 4 rings (SSSR count). The van der Waals surface area contributed by atoms with Gasteiger partial charge in [0, 0.05) is 22.0 Å². The van der Waals surface area contributed by atoms with E-state index in [1.807, 2.05) is 6.92 Å². The number of nitrogens with zero attached hydrogens (tertiary/aromatic N) is 2. The predicted octanol–water partition coefficient (Wildman–Crippen LogP) is 3.85. The number of hydrogen-bond donors (Lipinski definition) is 2. The molecule has 0 aliphatic heterocycles. The molecule has 0 bridgehead atoms. The summed E-state index contributed by atoms with van der Waals surface area (Å²) in [6.07, 6.45) is 0. The van der Waals surface area contributed by atoms with Gasteiger partial charge in [0.2, 0.25) is 0 Å². The molecule has 0 aromatic heterocycles. The van der Waals surface area contributed by atoms with E-state index in [4.69, 9.17) is 27.9 Å². The van der Waals surface area contributed by atoms with Gasteiger partial charge in [-0.15, -0.1) is 5.11 Å². The number of ether oxygens (including phenoxy) is 1. The van der Waals surface area contributed by atoms with Crippen molar-refractivity contribution < 1.29 is 57.2 Å². The topological polar surface area (TPSA) is 140 Å². The molecular weight excluding hydrogens is 576 g/mol. The first kappa shape index (κ1) is 30.8. The van der Waals surface area contributed by atoms with Crippen LogP contribution < -0.4 is 44.7 Å². The maximum atomic E-state index is 13.4. The summed E-state index contributed by atoms with van der Waals surface area (Å²) in [6.45, 7) is 3.83. The van der Waals surface area contributed by atoms with Gasteiger partial charge in [0.1, 0.15) is 16.3 Å². The number of halogens is 2. The van der Waals surface area contributed by atoms with Crippen LogP contribution in [0, 0.1) is 6.92 Å². The number of hydrogen-bond acceptors (Lipinski definition) is 7. The Morgan fingerprint density at radius 3 is 2.46 bits per heavy atom. The minimum atomic E-state index is -4.70. The van der Waals surface area contributed by atoms with Crippen molar-refractivity contribution >= 4 is 67.1 Å². The molecule has 0 aliphatic rings. The number of nitrogens with one attached hydrogen (secondary N) is 1. The third kappa shape index (κ3) is 6.90. The van der Waals surface area contributed by atoms with Crippen molar-refractivity contribution in [1.82, 2.24) is 0 Å². The number of amides is 1. The van der Waals surface area contributed by atoms with Crippen molar-refractivity contribution in [2.45, 2.75) is 18.7 Å². The molecule has 196 valence electrons. The molecule has 0 saturated carbocycles. The Balaban J connectivity index is 0.00000420. The first-order valence-corrected chi connectivity index (χ1v) is 13.3. The van der Waals surface area contributed by atoms with Crippen LogP contribution in [-0.4, -0.2) is 25.5 Å². The van der Waals surface area contributed by atoms with Crippen LogP contribution in [0.2, 0.25) is 10.0 Å². The van der Waals surface area contributed by atoms with Gasteiger partial charge < -0.3 is 15.2 Å². The van der Waals surface area contributed by atoms with E-state index in [2.05, 4.69) is 15.5 Å². The summed E-state index contributed by atoms with van der Waals surface area (Å²) in [5, 5.41) is 25.3. The SMILES string of the molecule is CCOc1ccc(Cl)c(NC(=O)c2cc3ccccc3c(N=Nc3cc(C)c(Cl)cc3S(=O)(=O)O)c2[O-])c1.[Na+]. The summed E-state index contributed by atoms with van der Waals surface area (Å²) in [6, 6.07) is 15.2. The van der Waals surface area contributed by atoms with E-state index in [0.717, 1.165) is 6.07 Å². The minimum absolute atomic E-state index is 0. The predicted molar refractivity (Wildman–Crippen MR) is 144 cm³/mol. The molecule has 0 radical (unpaired) electrons. The van der Waals surface area contributed by atoms with Crippen LogP contribution in [0.15, 0.2) is 75.8 Å². The molecule has 0 unspecified atom stereocenters. The number of carbonyl (C=O) groups is 1. The Hall–Kier alpha value is -2.70. The summed E-state index contributed by atoms with van der Waals surface area (Å²) in [5.74, 6) is -1.01. The van der Waals surface area contributed by atoms with E-state index in [0.29, 0.717) is 28.7 Å². The largest absolute Gasteiger partial charge is 1.00 e. The molecule has 0 spiro atoms. The molecule has 0 saturated heterocycles. The van der Waals surface area contributed by atoms with Crippen LogP contribution in [0.25, 0.3) is 10.8 Å². The van der Waals surface area contributed by atoms with E-state index < -0.39 is 26.7 Å². The van der Waals surface area contributed by atoms with Crippen LogP contribution in [0.3, 0.4) is 0 Å². The van der Waals surface area contributed by atoms with Gasteiger partial charge in [0.05, 0.1) is 23.0 Å². The third-order valence-corrected chi connectivity index (χ3v) is 7.11. The number of rotatable bonds is 7. The fourth-order valence-corrected chi connectivity index (χ4v) is 4.68. The van der Waals surface area contributed by atoms with E-state index >= 15 is 0 Å². The van der Waals surface area contributed by atoms with Gasteiger partial charge in [-0.05, 0) is 55.1 Å². The van der Waals surface area contributed by atoms with Crippen molar-refractivity contribution in [3.63, 3.8) is 0 Å². The van der Waals surface area contributed by atoms with Crippen molar-refractivity contribution in [3.8, 4) is 11.5 Å². The summed E-state index contributed by atoms with van der Waals surface area (Å²) in [4.78, 5) is 12.6. The number of carbonyl (C=O) groups excluding carboxylic acids is 1. The monoisotopic (exact) mass is 595 g/mol. The van der Waals surface area contributed by atoms with E-state index in [1.54, 1.807) is 43.3 Å². The zero-order chi connectivity index (χ0) is 27.6. The fraction of sp³-hybridized carbons (Fsp3) is 0.115. The Labute approximate surface area is 256 Å². The van der Waals surface area contributed by atoms with Crippen molar-refractivity contribution in [2.24, 2.45) is 10.2 Å². The Kier molecular flexibility index (Phi) is 10.0. The second-order valence-electron chi connectivity index (χ2n) is 8.10. The normalized spacial score (nSPS) is 11.4. The van der Waals surface area contributed by atoms with Gasteiger partial charge in [-0.25, -0.2) is 0 Å². The number of azo groups is 1. The maximum Gasteiger partial charge on any atom is 1.00 e. The van der Waals surface area contributed by atoms with Crippen LogP contribution in [0.4, 0.5) is 17.1 Å². The minimum Gasteiger partial charge on any atom is -0.870 e. The summed E-state index contributed by atoms with van der Waals surface area (Å²) in [7, 11) is -4.70. The number of fused-ring (bicyclic) bond motifs is 1. The van der Waals surface area contributed by atoms with Crippen LogP contribution in [-0.2, 0) is 10.1 Å². The zero-order valence-corrected chi connectivity index (χ0v) is 25.4. The first-order chi connectivity index (χ1) is 18.0. The standard InChI is InChI=1S/C26H21Cl2N3O6S.Na/c1-3-37-16-8-9-19(27)21(12-16)29-26(33)18-11-15-6-4-5-7-17(15)24(25(18)32)31-30-22-10-14(2)20(28)13-23(22)38(34,35)36;/h4-13,32H,3H2,1-2H3,(H,29,33)(H,34,35,36);/q;+1/p-1. The summed E-state index contributed by atoms with van der Waals surface area (Å²) in [5.41, 5.74) is 0.0497. The average Bonchev–Trinajstić information content (AvgIpc) is 2.86. The molecule has 0 atom stereocenters. The van der Waals surface area contributed by atoms with Crippen LogP contribution >= 0.6 is 23.2 Å². The number of benzene rings is 4. The zero-order valence-electron chi connectivity index (χ0n) is 21.0. The molecule has 4 aromatic carbocycles. The fourth-order valence-electron chi connectivity index (χ4n) is 3.66. The molecule has 4 aromatic rings. The van der Waals surface area contributed by atoms with E-state index in [-0.39, 0.29) is 62.2 Å². The van der Waals surface area contributed by atoms with Gasteiger partial charge in [-0.3, -0.25) is 9.35 Å². The van der Waals surface area contributed by atoms with Crippen LogP contribution in [0.5, 0.6) is 11.5 Å². The molecule has 1 amide bonds. The van der Waals surface area contributed by atoms with Crippen molar-refractivity contribution in [3.05, 3.63) is 81.8 Å². The summed E-state index contributed by atoms with van der Waals surface area (Å²) < 4.78 is 38.8. The molecule has 9 nitrogen and oxygen atoms in total. The second-order valence-corrected chi connectivity index (χ2v) is 10.3. The number of aryl methyl sites for hydroxylation is 1. The maximum absolute atomic E-state index is 13.4. The Morgan fingerprint density at radius 1 is 1.05 bits per heavy atom. The quantitative estimate of drug-likeness (QED) is 0.189. The smallest absolute Gasteiger partial charge is 0.870 e. The van der Waals surface area contributed by atoms with Gasteiger partial charge in [0.25, 0.3) is 16.0 Å². The Morgan fingerprint density at radius 2 is 1.77 bits per heavy atom. The average molecular weight is 596 g/mol. The van der Waals surface area contributed by atoms with Crippen LogP contribution in [0.1, 0.15) is 22.8 Å². The molecular formula is C26H20Cl2N3NaO6S. The molecule has 0 fully saturated rings. The molecule has 0 heterocycles.